The highest BCUT2D eigenvalue weighted by atomic mass is 32.2. The van der Waals surface area contributed by atoms with Crippen molar-refractivity contribution >= 4 is 11.8 Å². The van der Waals surface area contributed by atoms with E-state index >= 15 is 0 Å². The minimum Gasteiger partial charge on any atom is -0.338 e. The highest BCUT2D eigenvalue weighted by Crippen LogP contribution is 2.35. The van der Waals surface area contributed by atoms with E-state index in [0.29, 0.717) is 18.3 Å². The molecule has 0 saturated carbocycles. The molecule has 9 heteroatoms. The fourth-order valence-corrected chi connectivity index (χ4v) is 3.49. The Labute approximate surface area is 165 Å². The number of hydrogen-bond acceptors (Lipinski definition) is 8. The number of thioether (sulfide) groups is 1. The first kappa shape index (κ1) is 18.1. The summed E-state index contributed by atoms with van der Waals surface area (Å²) in [7, 11) is 0. The van der Waals surface area contributed by atoms with Crippen molar-refractivity contribution in [2.75, 3.05) is 0 Å². The Bertz CT molecular complexity index is 1060. The van der Waals surface area contributed by atoms with Gasteiger partial charge in [-0.3, -0.25) is 14.5 Å². The molecule has 140 valence electrons. The lowest BCUT2D eigenvalue weighted by molar-refractivity contribution is 0.380. The molecular formula is C19H17N7OS. The van der Waals surface area contributed by atoms with Gasteiger partial charge in [-0.15, -0.1) is 16.8 Å². The SMILES string of the molecule is C=CCn1c(S[C@@H](C)c2nc(-c3ccncc3)no2)nnc1-c1cccnc1. The Balaban J connectivity index is 1.58. The highest BCUT2D eigenvalue weighted by Gasteiger charge is 2.21. The third-order valence-corrected chi connectivity index (χ3v) is 5.03. The van der Waals surface area contributed by atoms with E-state index in [1.54, 1.807) is 24.8 Å². The van der Waals surface area contributed by atoms with Crippen molar-refractivity contribution in [2.45, 2.75) is 23.9 Å². The van der Waals surface area contributed by atoms with Crippen LogP contribution in [0.4, 0.5) is 0 Å². The van der Waals surface area contributed by atoms with Crippen LogP contribution >= 0.6 is 11.8 Å². The van der Waals surface area contributed by atoms with Gasteiger partial charge in [0.25, 0.3) is 0 Å². The third kappa shape index (κ3) is 3.70. The number of hydrogen-bond donors (Lipinski definition) is 0. The highest BCUT2D eigenvalue weighted by molar-refractivity contribution is 7.99. The van der Waals surface area contributed by atoms with Crippen LogP contribution in [0.3, 0.4) is 0 Å². The predicted molar refractivity (Wildman–Crippen MR) is 105 cm³/mol. The van der Waals surface area contributed by atoms with Crippen molar-refractivity contribution in [2.24, 2.45) is 0 Å². The third-order valence-electron chi connectivity index (χ3n) is 3.96. The van der Waals surface area contributed by atoms with E-state index in [1.807, 2.05) is 41.8 Å². The van der Waals surface area contributed by atoms with Gasteiger partial charge in [-0.25, -0.2) is 0 Å². The second-order valence-electron chi connectivity index (χ2n) is 5.90. The largest absolute Gasteiger partial charge is 0.338 e. The Morgan fingerprint density at radius 2 is 2.00 bits per heavy atom. The average Bonchev–Trinajstić information content (AvgIpc) is 3.38. The molecule has 0 aromatic carbocycles. The summed E-state index contributed by atoms with van der Waals surface area (Å²) in [5.41, 5.74) is 1.75. The molecule has 0 radical (unpaired) electrons. The zero-order valence-corrected chi connectivity index (χ0v) is 16.0. The Kier molecular flexibility index (Phi) is 5.24. The first-order chi connectivity index (χ1) is 13.8. The molecule has 0 aliphatic rings. The number of rotatable bonds is 7. The topological polar surface area (TPSA) is 95.4 Å². The standard InChI is InChI=1S/C19H17N7OS/c1-3-11-26-17(15-5-4-8-21-12-15)23-24-19(26)28-13(2)18-22-16(25-27-18)14-6-9-20-10-7-14/h3-10,12-13H,1,11H2,2H3/t13-/m0/s1. The van der Waals surface area contributed by atoms with Gasteiger partial charge in [0.15, 0.2) is 11.0 Å². The van der Waals surface area contributed by atoms with E-state index in [2.05, 4.69) is 36.9 Å². The molecule has 8 nitrogen and oxygen atoms in total. The number of pyridine rings is 2. The van der Waals surface area contributed by atoms with Crippen molar-refractivity contribution in [3.8, 4) is 22.8 Å². The number of nitrogens with zero attached hydrogens (tertiary/aromatic N) is 7. The van der Waals surface area contributed by atoms with Crippen molar-refractivity contribution in [1.82, 2.24) is 34.9 Å². The summed E-state index contributed by atoms with van der Waals surface area (Å²) in [4.78, 5) is 12.7. The van der Waals surface area contributed by atoms with Gasteiger partial charge in [-0.1, -0.05) is 23.0 Å². The molecule has 0 aliphatic heterocycles. The number of allylic oxidation sites excluding steroid dienone is 1. The Morgan fingerprint density at radius 3 is 2.75 bits per heavy atom. The van der Waals surface area contributed by atoms with Gasteiger partial charge in [0.2, 0.25) is 11.7 Å². The van der Waals surface area contributed by atoms with Gasteiger partial charge in [0.1, 0.15) is 0 Å². The van der Waals surface area contributed by atoms with Crippen LogP contribution in [0, 0.1) is 0 Å². The molecule has 0 N–H and O–H groups in total. The fraction of sp³-hybridized carbons (Fsp3) is 0.158. The van der Waals surface area contributed by atoms with Crippen LogP contribution in [-0.2, 0) is 6.54 Å². The molecule has 0 bridgehead atoms. The first-order valence-electron chi connectivity index (χ1n) is 8.61. The van der Waals surface area contributed by atoms with Gasteiger partial charge >= 0.3 is 0 Å². The minimum atomic E-state index is -0.0994. The zero-order valence-electron chi connectivity index (χ0n) is 15.1. The maximum absolute atomic E-state index is 5.45. The molecule has 4 rings (SSSR count). The number of aromatic nitrogens is 7. The summed E-state index contributed by atoms with van der Waals surface area (Å²) in [6, 6.07) is 7.50. The van der Waals surface area contributed by atoms with Gasteiger partial charge in [0.05, 0.1) is 5.25 Å². The molecule has 4 aromatic rings. The molecule has 0 fully saturated rings. The van der Waals surface area contributed by atoms with E-state index in [-0.39, 0.29) is 5.25 Å². The normalized spacial score (nSPS) is 12.0. The smallest absolute Gasteiger partial charge is 0.240 e. The van der Waals surface area contributed by atoms with Crippen LogP contribution in [0.15, 0.2) is 71.4 Å². The van der Waals surface area contributed by atoms with Gasteiger partial charge in [-0.2, -0.15) is 4.98 Å². The summed E-state index contributed by atoms with van der Waals surface area (Å²) < 4.78 is 7.45. The van der Waals surface area contributed by atoms with Gasteiger partial charge < -0.3 is 4.52 Å². The summed E-state index contributed by atoms with van der Waals surface area (Å²) >= 11 is 1.50. The van der Waals surface area contributed by atoms with Gasteiger partial charge in [0, 0.05) is 42.5 Å². The van der Waals surface area contributed by atoms with Crippen LogP contribution in [-0.4, -0.2) is 34.9 Å². The minimum absolute atomic E-state index is 0.0994. The summed E-state index contributed by atoms with van der Waals surface area (Å²) in [6.07, 6.45) is 8.70. The molecule has 4 heterocycles. The van der Waals surface area contributed by atoms with Crippen LogP contribution in [0.2, 0.25) is 0 Å². The van der Waals surface area contributed by atoms with E-state index < -0.39 is 0 Å². The summed E-state index contributed by atoms with van der Waals surface area (Å²) in [6.45, 7) is 6.41. The van der Waals surface area contributed by atoms with Crippen LogP contribution < -0.4 is 0 Å². The molecule has 0 spiro atoms. The Hall–Kier alpha value is -3.33. The second-order valence-corrected chi connectivity index (χ2v) is 7.21. The van der Waals surface area contributed by atoms with Crippen molar-refractivity contribution in [3.63, 3.8) is 0 Å². The average molecular weight is 391 g/mol. The molecule has 0 aliphatic carbocycles. The predicted octanol–water partition coefficient (Wildman–Crippen LogP) is 3.82. The molecular weight excluding hydrogens is 374 g/mol. The monoisotopic (exact) mass is 391 g/mol. The molecule has 1 atom stereocenters. The van der Waals surface area contributed by atoms with E-state index in [4.69, 9.17) is 4.52 Å². The lowest BCUT2D eigenvalue weighted by Gasteiger charge is -2.09. The fourth-order valence-electron chi connectivity index (χ4n) is 2.61. The van der Waals surface area contributed by atoms with Crippen molar-refractivity contribution in [3.05, 3.63) is 67.6 Å². The lowest BCUT2D eigenvalue weighted by Crippen LogP contribution is -2.02. The van der Waals surface area contributed by atoms with E-state index in [1.165, 1.54) is 11.8 Å². The quantitative estimate of drug-likeness (QED) is 0.346. The maximum atomic E-state index is 5.45. The van der Waals surface area contributed by atoms with Crippen molar-refractivity contribution < 1.29 is 4.52 Å². The van der Waals surface area contributed by atoms with Crippen LogP contribution in [0.1, 0.15) is 18.1 Å². The van der Waals surface area contributed by atoms with Crippen molar-refractivity contribution in [1.29, 1.82) is 0 Å². The maximum Gasteiger partial charge on any atom is 0.240 e. The Morgan fingerprint density at radius 1 is 1.14 bits per heavy atom. The van der Waals surface area contributed by atoms with Crippen LogP contribution in [0.25, 0.3) is 22.8 Å². The lowest BCUT2D eigenvalue weighted by atomic mass is 10.2. The molecule has 0 saturated heterocycles. The molecule has 4 aromatic heterocycles. The van der Waals surface area contributed by atoms with Crippen LogP contribution in [0.5, 0.6) is 0 Å². The van der Waals surface area contributed by atoms with E-state index in [0.717, 1.165) is 22.1 Å². The molecule has 0 amide bonds. The first-order valence-corrected chi connectivity index (χ1v) is 9.49. The van der Waals surface area contributed by atoms with E-state index in [9.17, 15) is 0 Å². The second kappa shape index (κ2) is 8.13. The molecule has 0 unspecified atom stereocenters. The summed E-state index contributed by atoms with van der Waals surface area (Å²) in [5.74, 6) is 1.80. The summed E-state index contributed by atoms with van der Waals surface area (Å²) in [5, 5.41) is 13.4. The molecule has 28 heavy (non-hydrogen) atoms. The van der Waals surface area contributed by atoms with Gasteiger partial charge in [-0.05, 0) is 31.2 Å². The zero-order chi connectivity index (χ0) is 19.3.